The van der Waals surface area contributed by atoms with Gasteiger partial charge in [0.1, 0.15) is 16.7 Å². The molecule has 0 atom stereocenters. The van der Waals surface area contributed by atoms with Crippen molar-refractivity contribution in [3.8, 4) is 11.4 Å². The van der Waals surface area contributed by atoms with Gasteiger partial charge in [0, 0.05) is 12.1 Å². The van der Waals surface area contributed by atoms with Crippen molar-refractivity contribution in [2.24, 2.45) is 0 Å². The summed E-state index contributed by atoms with van der Waals surface area (Å²) < 4.78 is 14.0. The Labute approximate surface area is 127 Å². The van der Waals surface area contributed by atoms with Crippen molar-refractivity contribution in [2.45, 2.75) is 0 Å². The van der Waals surface area contributed by atoms with Crippen LogP contribution in [0.25, 0.3) is 22.3 Å². The molecule has 0 saturated carbocycles. The lowest BCUT2D eigenvalue weighted by molar-refractivity contribution is -0.384. The van der Waals surface area contributed by atoms with Crippen LogP contribution in [0.2, 0.25) is 5.02 Å². The van der Waals surface area contributed by atoms with Crippen molar-refractivity contribution in [3.63, 3.8) is 0 Å². The average molecular weight is 320 g/mol. The van der Waals surface area contributed by atoms with Gasteiger partial charge in [-0.2, -0.15) is 0 Å². The topological polar surface area (TPSA) is 88.9 Å². The molecule has 22 heavy (non-hydrogen) atoms. The van der Waals surface area contributed by atoms with E-state index in [0.29, 0.717) is 10.9 Å². The van der Waals surface area contributed by atoms with Gasteiger partial charge in [-0.25, -0.2) is 9.37 Å². The van der Waals surface area contributed by atoms with Gasteiger partial charge in [0.15, 0.2) is 0 Å². The smallest absolute Gasteiger partial charge is 0.288 e. The molecule has 0 aliphatic rings. The van der Waals surface area contributed by atoms with Crippen LogP contribution in [0.5, 0.6) is 0 Å². The summed E-state index contributed by atoms with van der Waals surface area (Å²) in [6, 6.07) is 8.29. The molecule has 6 nitrogen and oxygen atoms in total. The molecule has 0 radical (unpaired) electrons. The van der Waals surface area contributed by atoms with Crippen molar-refractivity contribution < 1.29 is 9.31 Å². The van der Waals surface area contributed by atoms with E-state index in [9.17, 15) is 19.3 Å². The molecule has 8 heteroatoms. The minimum Gasteiger partial charge on any atom is -0.306 e. The number of hydrogen-bond donors (Lipinski definition) is 1. The van der Waals surface area contributed by atoms with Crippen molar-refractivity contribution in [1.82, 2.24) is 9.97 Å². The molecule has 1 aromatic heterocycles. The number of rotatable bonds is 2. The van der Waals surface area contributed by atoms with Crippen molar-refractivity contribution in [1.29, 1.82) is 0 Å². The summed E-state index contributed by atoms with van der Waals surface area (Å²) in [5.41, 5.74) is -0.760. The van der Waals surface area contributed by atoms with Gasteiger partial charge in [0.2, 0.25) is 0 Å². The van der Waals surface area contributed by atoms with Crippen LogP contribution in [0, 0.1) is 15.9 Å². The molecule has 0 bridgehead atoms. The first-order valence-electron chi connectivity index (χ1n) is 6.10. The minimum absolute atomic E-state index is 0.0963. The van der Waals surface area contributed by atoms with E-state index in [4.69, 9.17) is 11.6 Å². The lowest BCUT2D eigenvalue weighted by atomic mass is 10.1. The van der Waals surface area contributed by atoms with E-state index in [0.717, 1.165) is 12.1 Å². The second-order valence-corrected chi connectivity index (χ2v) is 4.88. The van der Waals surface area contributed by atoms with Gasteiger partial charge in [-0.15, -0.1) is 0 Å². The Morgan fingerprint density at radius 1 is 1.27 bits per heavy atom. The first-order chi connectivity index (χ1) is 10.5. The van der Waals surface area contributed by atoms with Crippen LogP contribution < -0.4 is 5.56 Å². The van der Waals surface area contributed by atoms with Gasteiger partial charge >= 0.3 is 0 Å². The fourth-order valence-corrected chi connectivity index (χ4v) is 2.29. The van der Waals surface area contributed by atoms with Crippen molar-refractivity contribution in [2.75, 3.05) is 0 Å². The molecular weight excluding hydrogens is 313 g/mol. The number of nitrogens with zero attached hydrogens (tertiary/aromatic N) is 2. The van der Waals surface area contributed by atoms with Crippen LogP contribution >= 0.6 is 11.6 Å². The number of hydrogen-bond acceptors (Lipinski definition) is 4. The number of nitro groups is 1. The van der Waals surface area contributed by atoms with Crippen LogP contribution in [-0.4, -0.2) is 14.9 Å². The molecule has 0 aliphatic carbocycles. The van der Waals surface area contributed by atoms with Gasteiger partial charge in [-0.05, 0) is 12.1 Å². The highest BCUT2D eigenvalue weighted by Crippen LogP contribution is 2.31. The zero-order valence-corrected chi connectivity index (χ0v) is 11.6. The minimum atomic E-state index is -0.811. The van der Waals surface area contributed by atoms with Crippen LogP contribution in [0.3, 0.4) is 0 Å². The number of aromatic amines is 1. The summed E-state index contributed by atoms with van der Waals surface area (Å²) in [6.07, 6.45) is 0. The maximum absolute atomic E-state index is 14.0. The van der Waals surface area contributed by atoms with E-state index >= 15 is 0 Å². The van der Waals surface area contributed by atoms with Gasteiger partial charge in [-0.3, -0.25) is 14.9 Å². The molecule has 2 aromatic carbocycles. The molecular formula is C14H7ClFN3O3. The van der Waals surface area contributed by atoms with E-state index in [1.165, 1.54) is 0 Å². The van der Waals surface area contributed by atoms with E-state index in [2.05, 4.69) is 9.97 Å². The van der Waals surface area contributed by atoms with Crippen LogP contribution in [0.15, 0.2) is 41.2 Å². The monoisotopic (exact) mass is 319 g/mol. The Bertz CT molecular complexity index is 971. The number of nitrogens with one attached hydrogen (secondary N) is 1. The third kappa shape index (κ3) is 2.31. The molecule has 0 unspecified atom stereocenters. The molecule has 3 aromatic rings. The first-order valence-corrected chi connectivity index (χ1v) is 6.48. The summed E-state index contributed by atoms with van der Waals surface area (Å²) in [5, 5.41) is 10.9. The second kappa shape index (κ2) is 5.19. The van der Waals surface area contributed by atoms with Crippen molar-refractivity contribution >= 4 is 28.2 Å². The highest BCUT2D eigenvalue weighted by molar-refractivity contribution is 6.32. The fraction of sp³-hybridized carbons (Fsp3) is 0. The van der Waals surface area contributed by atoms with Crippen molar-refractivity contribution in [3.05, 3.63) is 67.7 Å². The van der Waals surface area contributed by atoms with E-state index in [1.807, 2.05) is 0 Å². The number of halogens is 2. The van der Waals surface area contributed by atoms with E-state index in [1.54, 1.807) is 24.3 Å². The summed E-state index contributed by atoms with van der Waals surface area (Å²) in [4.78, 5) is 28.7. The standard InChI is InChI=1S/C14H7ClFN3O3/c15-9-6-10(16)8(5-12(9)19(21)22)13-17-11-4-2-1-3-7(11)14(20)18-13/h1-6H,(H,17,18,20). The highest BCUT2D eigenvalue weighted by Gasteiger charge is 2.19. The van der Waals surface area contributed by atoms with E-state index < -0.39 is 22.0 Å². The Kier molecular flexibility index (Phi) is 3.34. The van der Waals surface area contributed by atoms with Crippen LogP contribution in [-0.2, 0) is 0 Å². The lowest BCUT2D eigenvalue weighted by Gasteiger charge is -2.05. The third-order valence-electron chi connectivity index (χ3n) is 3.10. The quantitative estimate of drug-likeness (QED) is 0.579. The van der Waals surface area contributed by atoms with Gasteiger partial charge in [0.05, 0.1) is 21.4 Å². The highest BCUT2D eigenvalue weighted by atomic mass is 35.5. The zero-order chi connectivity index (χ0) is 15.9. The molecule has 0 saturated heterocycles. The average Bonchev–Trinajstić information content (AvgIpc) is 2.47. The van der Waals surface area contributed by atoms with Crippen LogP contribution in [0.4, 0.5) is 10.1 Å². The number of fused-ring (bicyclic) bond motifs is 1. The summed E-state index contributed by atoms with van der Waals surface area (Å²) >= 11 is 5.64. The number of benzene rings is 2. The first kappa shape index (κ1) is 14.2. The molecule has 0 aliphatic heterocycles. The van der Waals surface area contributed by atoms with Crippen LogP contribution in [0.1, 0.15) is 0 Å². The van der Waals surface area contributed by atoms with E-state index in [-0.39, 0.29) is 16.4 Å². The third-order valence-corrected chi connectivity index (χ3v) is 3.40. The Morgan fingerprint density at radius 2 is 2.00 bits per heavy atom. The van der Waals surface area contributed by atoms with Gasteiger partial charge in [0.25, 0.3) is 11.2 Å². The summed E-state index contributed by atoms with van der Waals surface area (Å²) in [6.45, 7) is 0. The number of H-pyrrole nitrogens is 1. The lowest BCUT2D eigenvalue weighted by Crippen LogP contribution is -2.10. The predicted molar refractivity (Wildman–Crippen MR) is 79.4 cm³/mol. The maximum atomic E-state index is 14.0. The molecule has 1 N–H and O–H groups in total. The van der Waals surface area contributed by atoms with Gasteiger partial charge in [-0.1, -0.05) is 23.7 Å². The molecule has 0 amide bonds. The fourth-order valence-electron chi connectivity index (χ4n) is 2.07. The SMILES string of the molecule is O=c1[nH]c(-c2cc([N+](=O)[O-])c(Cl)cc2F)nc2ccccc12. The second-order valence-electron chi connectivity index (χ2n) is 4.47. The molecule has 0 spiro atoms. The zero-order valence-electron chi connectivity index (χ0n) is 10.8. The molecule has 110 valence electrons. The Morgan fingerprint density at radius 3 is 2.73 bits per heavy atom. The Hall–Kier alpha value is -2.80. The molecule has 3 rings (SSSR count). The number of aromatic nitrogens is 2. The number of nitro benzene ring substituents is 1. The number of para-hydroxylation sites is 1. The normalized spacial score (nSPS) is 10.8. The Balaban J connectivity index is 2.30. The summed E-state index contributed by atoms with van der Waals surface area (Å²) in [5.74, 6) is -0.907. The molecule has 1 heterocycles. The summed E-state index contributed by atoms with van der Waals surface area (Å²) in [7, 11) is 0. The maximum Gasteiger partial charge on any atom is 0.288 e. The van der Waals surface area contributed by atoms with Gasteiger partial charge < -0.3 is 4.98 Å². The largest absolute Gasteiger partial charge is 0.306 e. The molecule has 0 fully saturated rings. The predicted octanol–water partition coefficient (Wildman–Crippen LogP) is 3.29.